The van der Waals surface area contributed by atoms with Gasteiger partial charge in [-0.1, -0.05) is 36.4 Å². The van der Waals surface area contributed by atoms with Crippen LogP contribution in [0.5, 0.6) is 5.75 Å². The van der Waals surface area contributed by atoms with Crippen LogP contribution in [-0.2, 0) is 6.42 Å². The third-order valence-electron chi connectivity index (χ3n) is 4.28. The van der Waals surface area contributed by atoms with Gasteiger partial charge >= 0.3 is 0 Å². The maximum Gasteiger partial charge on any atom is 0.117 e. The number of phenols is 1. The van der Waals surface area contributed by atoms with Crippen molar-refractivity contribution in [3.63, 3.8) is 0 Å². The number of nitrogens with one attached hydrogen (secondary N) is 1. The first kappa shape index (κ1) is 13.7. The van der Waals surface area contributed by atoms with Crippen molar-refractivity contribution in [2.24, 2.45) is 0 Å². The van der Waals surface area contributed by atoms with E-state index < -0.39 is 0 Å². The molecule has 0 aromatic heterocycles. The number of aromatic hydroxyl groups is 1. The van der Waals surface area contributed by atoms with Crippen molar-refractivity contribution in [3.8, 4) is 5.75 Å². The summed E-state index contributed by atoms with van der Waals surface area (Å²) >= 11 is 0. The summed E-state index contributed by atoms with van der Waals surface area (Å²) in [5, 5.41) is 13.1. The molecule has 2 atom stereocenters. The highest BCUT2D eigenvalue weighted by atomic mass is 16.3. The van der Waals surface area contributed by atoms with E-state index in [-0.39, 0.29) is 11.8 Å². The number of phenolic OH excluding ortho intramolecular Hbond substituents is 1. The summed E-state index contributed by atoms with van der Waals surface area (Å²) < 4.78 is 0. The van der Waals surface area contributed by atoms with Gasteiger partial charge in [0, 0.05) is 17.7 Å². The fourth-order valence-corrected chi connectivity index (χ4v) is 3.28. The summed E-state index contributed by atoms with van der Waals surface area (Å²) in [7, 11) is 0. The normalized spacial score (nSPS) is 18.6. The summed E-state index contributed by atoms with van der Waals surface area (Å²) in [4.78, 5) is 0. The summed E-state index contributed by atoms with van der Waals surface area (Å²) in [5.74, 6) is 0.724. The van der Waals surface area contributed by atoms with Crippen LogP contribution in [0.1, 0.15) is 29.9 Å². The van der Waals surface area contributed by atoms with E-state index in [4.69, 9.17) is 0 Å². The zero-order valence-electron chi connectivity index (χ0n) is 12.1. The molecule has 2 aromatic carbocycles. The number of aryl methyl sites for hydroxylation is 1. The molecule has 2 heteroatoms. The number of hydrogen-bond acceptors (Lipinski definition) is 2. The van der Waals surface area contributed by atoms with Crippen molar-refractivity contribution in [2.45, 2.75) is 31.2 Å². The first-order valence-corrected chi connectivity index (χ1v) is 7.54. The van der Waals surface area contributed by atoms with E-state index in [1.165, 1.54) is 30.4 Å². The molecule has 0 aliphatic heterocycles. The van der Waals surface area contributed by atoms with Gasteiger partial charge in [-0.05, 0) is 42.5 Å². The molecule has 2 N–H and O–H groups in total. The average Bonchev–Trinajstić information content (AvgIpc) is 2.52. The summed E-state index contributed by atoms with van der Waals surface area (Å²) in [6.07, 6.45) is 5.53. The first-order chi connectivity index (χ1) is 10.3. The van der Waals surface area contributed by atoms with Gasteiger partial charge in [0.05, 0.1) is 6.04 Å². The van der Waals surface area contributed by atoms with Gasteiger partial charge in [-0.15, -0.1) is 6.58 Å². The van der Waals surface area contributed by atoms with E-state index in [1.807, 2.05) is 18.2 Å². The Morgan fingerprint density at radius 3 is 2.86 bits per heavy atom. The second-order valence-corrected chi connectivity index (χ2v) is 5.65. The summed E-state index contributed by atoms with van der Waals surface area (Å²) in [6, 6.07) is 16.1. The van der Waals surface area contributed by atoms with Gasteiger partial charge < -0.3 is 10.4 Å². The molecule has 0 amide bonds. The fourth-order valence-electron chi connectivity index (χ4n) is 3.28. The molecule has 0 saturated heterocycles. The minimum Gasteiger partial charge on any atom is -0.508 e. The predicted molar refractivity (Wildman–Crippen MR) is 87.8 cm³/mol. The second-order valence-electron chi connectivity index (χ2n) is 5.65. The van der Waals surface area contributed by atoms with Crippen LogP contribution in [0.3, 0.4) is 0 Å². The lowest BCUT2D eigenvalue weighted by molar-refractivity contribution is 0.475. The molecule has 3 rings (SSSR count). The quantitative estimate of drug-likeness (QED) is 0.809. The van der Waals surface area contributed by atoms with E-state index in [0.717, 1.165) is 5.69 Å². The Morgan fingerprint density at radius 1 is 1.19 bits per heavy atom. The number of anilines is 1. The van der Waals surface area contributed by atoms with Gasteiger partial charge in [-0.25, -0.2) is 0 Å². The fraction of sp³-hybridized carbons (Fsp3) is 0.263. The van der Waals surface area contributed by atoms with Crippen LogP contribution in [0, 0.1) is 0 Å². The molecule has 0 spiro atoms. The van der Waals surface area contributed by atoms with Gasteiger partial charge in [0.1, 0.15) is 5.75 Å². The zero-order chi connectivity index (χ0) is 14.7. The SMILES string of the molecule is C=CC(Nc1cccc(O)c1)C1CCCc2ccccc21. The van der Waals surface area contributed by atoms with Crippen molar-refractivity contribution in [1.82, 2.24) is 0 Å². The molecule has 0 bridgehead atoms. The molecule has 2 unspecified atom stereocenters. The smallest absolute Gasteiger partial charge is 0.117 e. The Bertz CT molecular complexity index is 635. The third-order valence-corrected chi connectivity index (χ3v) is 4.28. The Morgan fingerprint density at radius 2 is 2.05 bits per heavy atom. The molecule has 2 aromatic rings. The molecule has 0 heterocycles. The number of benzene rings is 2. The van der Waals surface area contributed by atoms with Crippen molar-refractivity contribution in [2.75, 3.05) is 5.32 Å². The lowest BCUT2D eigenvalue weighted by Gasteiger charge is -2.32. The maximum atomic E-state index is 9.60. The van der Waals surface area contributed by atoms with Crippen LogP contribution in [-0.4, -0.2) is 11.1 Å². The molecule has 0 saturated carbocycles. The van der Waals surface area contributed by atoms with Gasteiger partial charge in [0.25, 0.3) is 0 Å². The minimum atomic E-state index is 0.174. The van der Waals surface area contributed by atoms with Gasteiger partial charge in [0.2, 0.25) is 0 Å². The molecule has 1 aliphatic rings. The molecule has 108 valence electrons. The van der Waals surface area contributed by atoms with E-state index >= 15 is 0 Å². The standard InChI is InChI=1S/C19H21NO/c1-2-19(20-15-9-6-10-16(21)13-15)18-12-5-8-14-7-3-4-11-17(14)18/h2-4,6-7,9-11,13,18-21H,1,5,8,12H2. The molecular weight excluding hydrogens is 258 g/mol. The van der Waals surface area contributed by atoms with Crippen molar-refractivity contribution >= 4 is 5.69 Å². The van der Waals surface area contributed by atoms with Crippen molar-refractivity contribution in [1.29, 1.82) is 0 Å². The maximum absolute atomic E-state index is 9.60. The average molecular weight is 279 g/mol. The monoisotopic (exact) mass is 279 g/mol. The van der Waals surface area contributed by atoms with Crippen LogP contribution in [0.2, 0.25) is 0 Å². The third kappa shape index (κ3) is 2.94. The lowest BCUT2D eigenvalue weighted by Crippen LogP contribution is -2.28. The van der Waals surface area contributed by atoms with E-state index in [0.29, 0.717) is 5.92 Å². The Hall–Kier alpha value is -2.22. The first-order valence-electron chi connectivity index (χ1n) is 7.54. The minimum absolute atomic E-state index is 0.174. The second kappa shape index (κ2) is 6.04. The molecule has 0 radical (unpaired) electrons. The van der Waals surface area contributed by atoms with Crippen molar-refractivity contribution in [3.05, 3.63) is 72.3 Å². The van der Waals surface area contributed by atoms with Crippen molar-refractivity contribution < 1.29 is 5.11 Å². The zero-order valence-corrected chi connectivity index (χ0v) is 12.1. The molecule has 2 nitrogen and oxygen atoms in total. The molecule has 21 heavy (non-hydrogen) atoms. The highest BCUT2D eigenvalue weighted by Crippen LogP contribution is 2.35. The Balaban J connectivity index is 1.86. The summed E-state index contributed by atoms with van der Waals surface area (Å²) in [6.45, 7) is 4.00. The molecular formula is C19H21NO. The lowest BCUT2D eigenvalue weighted by atomic mass is 9.78. The number of hydrogen-bond donors (Lipinski definition) is 2. The van der Waals surface area contributed by atoms with Gasteiger partial charge in [-0.3, -0.25) is 0 Å². The summed E-state index contributed by atoms with van der Waals surface area (Å²) in [5.41, 5.74) is 3.82. The van der Waals surface area contributed by atoms with Crippen LogP contribution in [0.4, 0.5) is 5.69 Å². The highest BCUT2D eigenvalue weighted by molar-refractivity contribution is 5.50. The Labute approximate surface area is 126 Å². The van der Waals surface area contributed by atoms with Gasteiger partial charge in [-0.2, -0.15) is 0 Å². The van der Waals surface area contributed by atoms with E-state index in [2.05, 4.69) is 36.2 Å². The van der Waals surface area contributed by atoms with Gasteiger partial charge in [0.15, 0.2) is 0 Å². The topological polar surface area (TPSA) is 32.3 Å². The van der Waals surface area contributed by atoms with E-state index in [9.17, 15) is 5.11 Å². The van der Waals surface area contributed by atoms with Crippen LogP contribution >= 0.6 is 0 Å². The molecule has 1 aliphatic carbocycles. The van der Waals surface area contributed by atoms with Crippen LogP contribution < -0.4 is 5.32 Å². The Kier molecular flexibility index (Phi) is 3.96. The largest absolute Gasteiger partial charge is 0.508 e. The highest BCUT2D eigenvalue weighted by Gasteiger charge is 2.25. The van der Waals surface area contributed by atoms with Crippen LogP contribution in [0.25, 0.3) is 0 Å². The number of rotatable bonds is 4. The number of fused-ring (bicyclic) bond motifs is 1. The molecule has 0 fully saturated rings. The predicted octanol–water partition coefficient (Wildman–Crippen LogP) is 4.48. The van der Waals surface area contributed by atoms with Crippen LogP contribution in [0.15, 0.2) is 61.2 Å². The van der Waals surface area contributed by atoms with E-state index in [1.54, 1.807) is 12.1 Å².